The van der Waals surface area contributed by atoms with Gasteiger partial charge in [-0.3, -0.25) is 4.79 Å². The Kier molecular flexibility index (Phi) is 5.57. The van der Waals surface area contributed by atoms with E-state index in [1.165, 1.54) is 19.2 Å². The molecule has 0 radical (unpaired) electrons. The first-order valence-electron chi connectivity index (χ1n) is 7.09. The largest absolute Gasteiger partial charge is 0.481 e. The predicted molar refractivity (Wildman–Crippen MR) is 77.0 cm³/mol. The molecule has 0 saturated carbocycles. The molecule has 0 spiro atoms. The summed E-state index contributed by atoms with van der Waals surface area (Å²) in [4.78, 5) is 24.8. The Labute approximate surface area is 128 Å². The minimum atomic E-state index is -0.490. The molecule has 7 heteroatoms. The Morgan fingerprint density at radius 3 is 2.64 bits per heavy atom. The van der Waals surface area contributed by atoms with Crippen LogP contribution in [0.25, 0.3) is 0 Å². The number of methoxy groups -OCH3 is 1. The quantitative estimate of drug-likeness (QED) is 0.916. The van der Waals surface area contributed by atoms with Crippen molar-refractivity contribution < 1.29 is 23.5 Å². The molecule has 1 fully saturated rings. The fraction of sp³-hybridized carbons (Fsp3) is 0.467. The number of nitrogens with one attached hydrogen (secondary N) is 1. The molecule has 0 atom stereocenters. The molecule has 1 aliphatic rings. The summed E-state index contributed by atoms with van der Waals surface area (Å²) in [7, 11) is 1.31. The van der Waals surface area contributed by atoms with Crippen LogP contribution in [-0.2, 0) is 9.53 Å². The number of piperidine rings is 1. The highest BCUT2D eigenvalue weighted by Crippen LogP contribution is 2.16. The first-order chi connectivity index (χ1) is 10.6. The maximum atomic E-state index is 13.4. The lowest BCUT2D eigenvalue weighted by Crippen LogP contribution is -2.47. The van der Waals surface area contributed by atoms with E-state index in [1.54, 1.807) is 17.0 Å². The van der Waals surface area contributed by atoms with Crippen LogP contribution in [0.2, 0.25) is 0 Å². The number of rotatable bonds is 4. The third-order valence-corrected chi connectivity index (χ3v) is 3.54. The summed E-state index contributed by atoms with van der Waals surface area (Å²) in [6, 6.07) is 5.97. The van der Waals surface area contributed by atoms with E-state index in [4.69, 9.17) is 4.74 Å². The highest BCUT2D eigenvalue weighted by atomic mass is 19.1. The predicted octanol–water partition coefficient (Wildman–Crippen LogP) is 1.55. The van der Waals surface area contributed by atoms with E-state index >= 15 is 0 Å². The van der Waals surface area contributed by atoms with Gasteiger partial charge in [-0.2, -0.15) is 0 Å². The van der Waals surface area contributed by atoms with Crippen LogP contribution in [0.1, 0.15) is 12.8 Å². The highest BCUT2D eigenvalue weighted by Gasteiger charge is 2.24. The monoisotopic (exact) mass is 310 g/mol. The van der Waals surface area contributed by atoms with Gasteiger partial charge in [-0.25, -0.2) is 9.18 Å². The number of nitrogens with zero attached hydrogens (tertiary/aromatic N) is 1. The molecule has 2 rings (SSSR count). The molecule has 1 N–H and O–H groups in total. The molecule has 2 amide bonds. The zero-order valence-corrected chi connectivity index (χ0v) is 12.4. The second-order valence-electron chi connectivity index (χ2n) is 5.01. The number of para-hydroxylation sites is 1. The number of halogens is 1. The van der Waals surface area contributed by atoms with Crippen LogP contribution in [0.15, 0.2) is 24.3 Å². The Hall–Kier alpha value is -2.31. The maximum absolute atomic E-state index is 13.4. The van der Waals surface area contributed by atoms with Crippen molar-refractivity contribution in [1.82, 2.24) is 10.2 Å². The first kappa shape index (κ1) is 16.1. The summed E-state index contributed by atoms with van der Waals surface area (Å²) in [5.41, 5.74) is 0. The van der Waals surface area contributed by atoms with Gasteiger partial charge in [0.1, 0.15) is 0 Å². The van der Waals surface area contributed by atoms with E-state index in [0.717, 1.165) is 0 Å². The number of carbonyl (C=O) groups excluding carboxylic acids is 2. The van der Waals surface area contributed by atoms with Gasteiger partial charge in [-0.05, 0) is 25.0 Å². The minimum absolute atomic E-state index is 0.00369. The average molecular weight is 310 g/mol. The Morgan fingerprint density at radius 2 is 2.00 bits per heavy atom. The molecule has 22 heavy (non-hydrogen) atoms. The van der Waals surface area contributed by atoms with E-state index in [2.05, 4.69) is 10.1 Å². The fourth-order valence-corrected chi connectivity index (χ4v) is 2.29. The molecule has 0 unspecified atom stereocenters. The molecule has 1 saturated heterocycles. The number of alkyl carbamates (subject to hydrolysis) is 1. The SMILES string of the molecule is COC(=O)NC1CCN(C(=O)COc2ccccc2F)CC1. The van der Waals surface area contributed by atoms with Crippen molar-refractivity contribution in [2.24, 2.45) is 0 Å². The second kappa shape index (κ2) is 7.63. The van der Waals surface area contributed by atoms with Gasteiger partial charge >= 0.3 is 6.09 Å². The van der Waals surface area contributed by atoms with Crippen molar-refractivity contribution in [3.05, 3.63) is 30.1 Å². The molecule has 0 aromatic heterocycles. The highest BCUT2D eigenvalue weighted by molar-refractivity contribution is 5.78. The van der Waals surface area contributed by atoms with Gasteiger partial charge in [0.25, 0.3) is 5.91 Å². The summed E-state index contributed by atoms with van der Waals surface area (Å²) in [5.74, 6) is -0.617. The van der Waals surface area contributed by atoms with E-state index in [0.29, 0.717) is 25.9 Å². The number of likely N-dealkylation sites (tertiary alicyclic amines) is 1. The lowest BCUT2D eigenvalue weighted by atomic mass is 10.1. The van der Waals surface area contributed by atoms with Crippen LogP contribution in [0.5, 0.6) is 5.75 Å². The van der Waals surface area contributed by atoms with Crippen molar-refractivity contribution in [3.8, 4) is 5.75 Å². The van der Waals surface area contributed by atoms with E-state index in [1.807, 2.05) is 0 Å². The number of carbonyl (C=O) groups is 2. The summed E-state index contributed by atoms with van der Waals surface area (Å²) in [6.45, 7) is 0.846. The van der Waals surface area contributed by atoms with E-state index in [9.17, 15) is 14.0 Å². The van der Waals surface area contributed by atoms with Gasteiger partial charge in [-0.1, -0.05) is 12.1 Å². The van der Waals surface area contributed by atoms with Crippen molar-refractivity contribution in [1.29, 1.82) is 0 Å². The van der Waals surface area contributed by atoms with Crippen molar-refractivity contribution >= 4 is 12.0 Å². The van der Waals surface area contributed by atoms with E-state index in [-0.39, 0.29) is 24.3 Å². The standard InChI is InChI=1S/C15H19FN2O4/c1-21-15(20)17-11-6-8-18(9-7-11)14(19)10-22-13-5-3-2-4-12(13)16/h2-5,11H,6-10H2,1H3,(H,17,20). The van der Waals surface area contributed by atoms with Crippen molar-refractivity contribution in [3.63, 3.8) is 0 Å². The van der Waals surface area contributed by atoms with E-state index < -0.39 is 11.9 Å². The number of hydrogen-bond donors (Lipinski definition) is 1. The zero-order valence-electron chi connectivity index (χ0n) is 12.4. The third kappa shape index (κ3) is 4.34. The second-order valence-corrected chi connectivity index (χ2v) is 5.01. The first-order valence-corrected chi connectivity index (χ1v) is 7.09. The van der Waals surface area contributed by atoms with Gasteiger partial charge in [0.05, 0.1) is 7.11 Å². The molecule has 6 nitrogen and oxygen atoms in total. The van der Waals surface area contributed by atoms with Gasteiger partial charge in [0, 0.05) is 19.1 Å². The molecule has 1 aromatic carbocycles. The molecule has 0 aliphatic carbocycles. The summed E-state index contributed by atoms with van der Waals surface area (Å²) >= 11 is 0. The Morgan fingerprint density at radius 1 is 1.32 bits per heavy atom. The van der Waals surface area contributed by atoms with Gasteiger partial charge in [0.2, 0.25) is 0 Å². The number of ether oxygens (including phenoxy) is 2. The summed E-state index contributed by atoms with van der Waals surface area (Å²) < 4.78 is 23.1. The Bertz CT molecular complexity index is 530. The molecular weight excluding hydrogens is 291 g/mol. The Balaban J connectivity index is 1.76. The van der Waals surface area contributed by atoms with Crippen LogP contribution in [0.3, 0.4) is 0 Å². The fourth-order valence-electron chi connectivity index (χ4n) is 2.29. The third-order valence-electron chi connectivity index (χ3n) is 3.54. The van der Waals surface area contributed by atoms with Gasteiger partial charge in [0.15, 0.2) is 18.2 Å². The molecule has 1 aromatic rings. The van der Waals surface area contributed by atoms with Crippen molar-refractivity contribution in [2.75, 3.05) is 26.8 Å². The van der Waals surface area contributed by atoms with Crippen LogP contribution in [-0.4, -0.2) is 49.7 Å². The molecular formula is C15H19FN2O4. The molecule has 120 valence electrons. The number of amides is 2. The van der Waals surface area contributed by atoms with Crippen LogP contribution in [0.4, 0.5) is 9.18 Å². The maximum Gasteiger partial charge on any atom is 0.407 e. The lowest BCUT2D eigenvalue weighted by Gasteiger charge is -2.32. The normalized spacial score (nSPS) is 15.3. The minimum Gasteiger partial charge on any atom is -0.481 e. The molecule has 1 aliphatic heterocycles. The lowest BCUT2D eigenvalue weighted by molar-refractivity contribution is -0.134. The molecule has 0 bridgehead atoms. The topological polar surface area (TPSA) is 67.9 Å². The smallest absolute Gasteiger partial charge is 0.407 e. The average Bonchev–Trinajstić information content (AvgIpc) is 2.54. The number of hydrogen-bond acceptors (Lipinski definition) is 4. The number of benzene rings is 1. The van der Waals surface area contributed by atoms with Crippen LogP contribution < -0.4 is 10.1 Å². The summed E-state index contributed by atoms with van der Waals surface area (Å²) in [6.07, 6.45) is 0.841. The van der Waals surface area contributed by atoms with Crippen LogP contribution in [0, 0.1) is 5.82 Å². The molecule has 1 heterocycles. The van der Waals surface area contributed by atoms with Crippen molar-refractivity contribution in [2.45, 2.75) is 18.9 Å². The van der Waals surface area contributed by atoms with Gasteiger partial charge < -0.3 is 19.7 Å². The zero-order chi connectivity index (χ0) is 15.9. The summed E-state index contributed by atoms with van der Waals surface area (Å²) in [5, 5.41) is 2.71. The van der Waals surface area contributed by atoms with Gasteiger partial charge in [-0.15, -0.1) is 0 Å². The van der Waals surface area contributed by atoms with Crippen LogP contribution >= 0.6 is 0 Å².